The first-order valence-electron chi connectivity index (χ1n) is 4.79. The van der Waals surface area contributed by atoms with Gasteiger partial charge in [0.25, 0.3) is 6.01 Å². The van der Waals surface area contributed by atoms with E-state index in [0.717, 1.165) is 0 Å². The largest absolute Gasteiger partial charge is 0.424 e. The summed E-state index contributed by atoms with van der Waals surface area (Å²) in [7, 11) is 1.57. The van der Waals surface area contributed by atoms with E-state index in [0.29, 0.717) is 22.8 Å². The van der Waals surface area contributed by atoms with E-state index < -0.39 is 0 Å². The highest BCUT2D eigenvalue weighted by molar-refractivity contribution is 5.81. The zero-order valence-corrected chi connectivity index (χ0v) is 8.78. The summed E-state index contributed by atoms with van der Waals surface area (Å²) < 4.78 is 5.36. The number of amides is 1. The third kappa shape index (κ3) is 2.05. The van der Waals surface area contributed by atoms with Gasteiger partial charge in [0.1, 0.15) is 5.52 Å². The van der Waals surface area contributed by atoms with Crippen LogP contribution in [0.4, 0.5) is 11.7 Å². The topological polar surface area (TPSA) is 93.2 Å². The Balaban J connectivity index is 2.16. The van der Waals surface area contributed by atoms with Crippen LogP contribution in [0.15, 0.2) is 22.6 Å². The van der Waals surface area contributed by atoms with Crippen molar-refractivity contribution < 1.29 is 9.21 Å². The molecule has 1 aromatic carbocycles. The molecule has 1 amide bonds. The van der Waals surface area contributed by atoms with Crippen LogP contribution in [0, 0.1) is 0 Å². The van der Waals surface area contributed by atoms with Crippen LogP contribution in [0.5, 0.6) is 0 Å². The molecule has 0 aliphatic heterocycles. The lowest BCUT2D eigenvalue weighted by Gasteiger charge is -1.98. The molecule has 84 valence electrons. The van der Waals surface area contributed by atoms with Gasteiger partial charge in [-0.15, -0.1) is 0 Å². The van der Waals surface area contributed by atoms with Gasteiger partial charge in [-0.05, 0) is 18.2 Å². The van der Waals surface area contributed by atoms with Gasteiger partial charge in [0.2, 0.25) is 5.91 Å². The maximum atomic E-state index is 11.0. The number of aromatic nitrogens is 1. The molecule has 16 heavy (non-hydrogen) atoms. The fourth-order valence-corrected chi connectivity index (χ4v) is 1.26. The van der Waals surface area contributed by atoms with E-state index >= 15 is 0 Å². The lowest BCUT2D eigenvalue weighted by Crippen LogP contribution is -2.26. The summed E-state index contributed by atoms with van der Waals surface area (Å²) in [5, 5.41) is 5.26. The van der Waals surface area contributed by atoms with Gasteiger partial charge in [0.15, 0.2) is 5.58 Å². The summed E-state index contributed by atoms with van der Waals surface area (Å²) in [5.74, 6) is -0.137. The predicted molar refractivity (Wildman–Crippen MR) is 61.0 cm³/mol. The van der Waals surface area contributed by atoms with Gasteiger partial charge in [-0.1, -0.05) is 0 Å². The summed E-state index contributed by atoms with van der Waals surface area (Å²) in [6.07, 6.45) is 0. The Morgan fingerprint density at radius 2 is 2.38 bits per heavy atom. The van der Waals surface area contributed by atoms with Gasteiger partial charge >= 0.3 is 0 Å². The van der Waals surface area contributed by atoms with Crippen molar-refractivity contribution in [1.82, 2.24) is 10.3 Å². The van der Waals surface area contributed by atoms with Crippen molar-refractivity contribution in [1.29, 1.82) is 0 Å². The number of benzene rings is 1. The van der Waals surface area contributed by atoms with Crippen molar-refractivity contribution in [3.05, 3.63) is 18.2 Å². The number of rotatable bonds is 3. The second-order valence-electron chi connectivity index (χ2n) is 3.27. The molecule has 1 aromatic heterocycles. The summed E-state index contributed by atoms with van der Waals surface area (Å²) >= 11 is 0. The molecule has 2 rings (SSSR count). The molecule has 0 saturated carbocycles. The maximum Gasteiger partial charge on any atom is 0.296 e. The number of carbonyl (C=O) groups excluding carboxylic acids is 1. The molecule has 2 aromatic rings. The normalized spacial score (nSPS) is 10.3. The number of nitrogens with zero attached hydrogens (tertiary/aromatic N) is 1. The van der Waals surface area contributed by atoms with Crippen LogP contribution in [-0.4, -0.2) is 24.5 Å². The average molecular weight is 220 g/mol. The van der Waals surface area contributed by atoms with Crippen molar-refractivity contribution >= 4 is 28.7 Å². The highest BCUT2D eigenvalue weighted by atomic mass is 16.4. The summed E-state index contributed by atoms with van der Waals surface area (Å²) in [6, 6.07) is 5.49. The quantitative estimate of drug-likeness (QED) is 0.657. The minimum absolute atomic E-state index is 0.124. The van der Waals surface area contributed by atoms with E-state index in [1.165, 1.54) is 0 Å². The SMILES string of the molecule is CNC(=O)CNc1nc2cc(N)ccc2o1. The first kappa shape index (κ1) is 10.3. The Hall–Kier alpha value is -2.24. The molecule has 0 saturated heterocycles. The van der Waals surface area contributed by atoms with Gasteiger partial charge in [-0.2, -0.15) is 4.98 Å². The Morgan fingerprint density at radius 1 is 1.56 bits per heavy atom. The Labute approximate surface area is 91.8 Å². The zero-order chi connectivity index (χ0) is 11.5. The zero-order valence-electron chi connectivity index (χ0n) is 8.78. The molecule has 0 spiro atoms. The third-order valence-corrected chi connectivity index (χ3v) is 2.09. The van der Waals surface area contributed by atoms with Crippen molar-refractivity contribution in [3.8, 4) is 0 Å². The number of likely N-dealkylation sites (N-methyl/N-ethyl adjacent to an activating group) is 1. The number of fused-ring (bicyclic) bond motifs is 1. The minimum Gasteiger partial charge on any atom is -0.424 e. The highest BCUT2D eigenvalue weighted by Crippen LogP contribution is 2.20. The van der Waals surface area contributed by atoms with Crippen molar-refractivity contribution in [3.63, 3.8) is 0 Å². The van der Waals surface area contributed by atoms with Crippen LogP contribution < -0.4 is 16.4 Å². The third-order valence-electron chi connectivity index (χ3n) is 2.09. The first-order valence-corrected chi connectivity index (χ1v) is 4.79. The van der Waals surface area contributed by atoms with E-state index in [4.69, 9.17) is 10.2 Å². The molecule has 0 bridgehead atoms. The highest BCUT2D eigenvalue weighted by Gasteiger charge is 2.06. The average Bonchev–Trinajstić information content (AvgIpc) is 2.67. The fraction of sp³-hybridized carbons (Fsp3) is 0.200. The number of anilines is 2. The molecule has 6 heteroatoms. The summed E-state index contributed by atoms with van der Waals surface area (Å²) in [6.45, 7) is 0.124. The lowest BCUT2D eigenvalue weighted by molar-refractivity contribution is -0.118. The molecular weight excluding hydrogens is 208 g/mol. The van der Waals surface area contributed by atoms with Crippen LogP contribution in [-0.2, 0) is 4.79 Å². The van der Waals surface area contributed by atoms with Crippen LogP contribution in [0.1, 0.15) is 0 Å². The number of hydrogen-bond donors (Lipinski definition) is 3. The molecule has 0 radical (unpaired) electrons. The van der Waals surface area contributed by atoms with E-state index in [-0.39, 0.29) is 12.5 Å². The molecule has 6 nitrogen and oxygen atoms in total. The Kier molecular flexibility index (Phi) is 2.63. The second kappa shape index (κ2) is 4.09. The number of hydrogen-bond acceptors (Lipinski definition) is 5. The van der Waals surface area contributed by atoms with Crippen molar-refractivity contribution in [2.75, 3.05) is 24.6 Å². The smallest absolute Gasteiger partial charge is 0.296 e. The Bertz CT molecular complexity index is 521. The number of carbonyl (C=O) groups is 1. The lowest BCUT2D eigenvalue weighted by atomic mass is 10.3. The Morgan fingerprint density at radius 3 is 3.12 bits per heavy atom. The predicted octanol–water partition coefficient (Wildman–Crippen LogP) is 0.568. The summed E-state index contributed by atoms with van der Waals surface area (Å²) in [5.41, 5.74) is 7.53. The van der Waals surface area contributed by atoms with E-state index in [2.05, 4.69) is 15.6 Å². The molecule has 0 aliphatic rings. The summed E-state index contributed by atoms with van der Waals surface area (Å²) in [4.78, 5) is 15.1. The first-order chi connectivity index (χ1) is 7.69. The molecular formula is C10H12N4O2. The second-order valence-corrected chi connectivity index (χ2v) is 3.27. The number of nitrogens with two attached hydrogens (primary N) is 1. The van der Waals surface area contributed by atoms with Gasteiger partial charge in [0.05, 0.1) is 6.54 Å². The number of nitrogens with one attached hydrogen (secondary N) is 2. The van der Waals surface area contributed by atoms with E-state index in [9.17, 15) is 4.79 Å². The van der Waals surface area contributed by atoms with Crippen molar-refractivity contribution in [2.24, 2.45) is 0 Å². The van der Waals surface area contributed by atoms with Gasteiger partial charge in [0, 0.05) is 12.7 Å². The van der Waals surface area contributed by atoms with Gasteiger partial charge in [-0.3, -0.25) is 4.79 Å². The van der Waals surface area contributed by atoms with E-state index in [1.807, 2.05) is 0 Å². The van der Waals surface area contributed by atoms with E-state index in [1.54, 1.807) is 25.2 Å². The fourth-order valence-electron chi connectivity index (χ4n) is 1.26. The standard InChI is InChI=1S/C10H12N4O2/c1-12-9(15)5-13-10-14-7-4-6(11)2-3-8(7)16-10/h2-4H,5,11H2,1H3,(H,12,15)(H,13,14). The maximum absolute atomic E-state index is 11.0. The monoisotopic (exact) mass is 220 g/mol. The molecule has 0 unspecified atom stereocenters. The molecule has 1 heterocycles. The van der Waals surface area contributed by atoms with Crippen molar-refractivity contribution in [2.45, 2.75) is 0 Å². The van der Waals surface area contributed by atoms with Gasteiger partial charge < -0.3 is 20.8 Å². The number of nitrogen functional groups attached to an aromatic ring is 1. The van der Waals surface area contributed by atoms with Crippen LogP contribution >= 0.6 is 0 Å². The van der Waals surface area contributed by atoms with Crippen LogP contribution in [0.3, 0.4) is 0 Å². The minimum atomic E-state index is -0.137. The van der Waals surface area contributed by atoms with Gasteiger partial charge in [-0.25, -0.2) is 0 Å². The molecule has 0 fully saturated rings. The number of oxazole rings is 1. The van der Waals surface area contributed by atoms with Crippen LogP contribution in [0.2, 0.25) is 0 Å². The molecule has 4 N–H and O–H groups in total. The van der Waals surface area contributed by atoms with Crippen LogP contribution in [0.25, 0.3) is 11.1 Å². The molecule has 0 atom stereocenters. The molecule has 0 aliphatic carbocycles.